The van der Waals surface area contributed by atoms with Gasteiger partial charge in [-0.25, -0.2) is 4.39 Å². The van der Waals surface area contributed by atoms with E-state index in [1.54, 1.807) is 7.11 Å². The molecule has 0 saturated carbocycles. The molecule has 1 unspecified atom stereocenters. The van der Waals surface area contributed by atoms with Crippen LogP contribution >= 0.6 is 27.5 Å². The SMILES string of the molecule is COc1ccc2c(c1)C(Nc1c(Cl)cc(F)cc1Br)CC2. The van der Waals surface area contributed by atoms with Crippen molar-refractivity contribution in [3.63, 3.8) is 0 Å². The summed E-state index contributed by atoms with van der Waals surface area (Å²) in [6, 6.07) is 8.99. The average Bonchev–Trinajstić information content (AvgIpc) is 2.84. The predicted octanol–water partition coefficient (Wildman–Crippen LogP) is 5.35. The molecule has 0 saturated heterocycles. The van der Waals surface area contributed by atoms with Crippen molar-refractivity contribution in [2.45, 2.75) is 18.9 Å². The van der Waals surface area contributed by atoms with Crippen LogP contribution in [0.1, 0.15) is 23.6 Å². The zero-order chi connectivity index (χ0) is 15.0. The molecule has 0 amide bonds. The fraction of sp³-hybridized carbons (Fsp3) is 0.250. The lowest BCUT2D eigenvalue weighted by molar-refractivity contribution is 0.414. The van der Waals surface area contributed by atoms with Gasteiger partial charge in [0.25, 0.3) is 0 Å². The molecular formula is C16H14BrClFNO. The molecule has 0 spiro atoms. The minimum absolute atomic E-state index is 0.148. The Balaban J connectivity index is 1.92. The predicted molar refractivity (Wildman–Crippen MR) is 86.8 cm³/mol. The Kier molecular flexibility index (Phi) is 4.09. The third-order valence-electron chi connectivity index (χ3n) is 3.76. The van der Waals surface area contributed by atoms with Crippen LogP contribution < -0.4 is 10.1 Å². The maximum Gasteiger partial charge on any atom is 0.125 e. The first-order valence-electron chi connectivity index (χ1n) is 6.66. The smallest absolute Gasteiger partial charge is 0.125 e. The molecule has 0 aromatic heterocycles. The number of aryl methyl sites for hydroxylation is 1. The Hall–Kier alpha value is -1.26. The summed E-state index contributed by atoms with van der Waals surface area (Å²) in [5.74, 6) is 0.484. The van der Waals surface area contributed by atoms with E-state index < -0.39 is 0 Å². The van der Waals surface area contributed by atoms with E-state index in [-0.39, 0.29) is 11.9 Å². The summed E-state index contributed by atoms with van der Waals surface area (Å²) in [7, 11) is 1.66. The van der Waals surface area contributed by atoms with Gasteiger partial charge in [-0.3, -0.25) is 0 Å². The minimum Gasteiger partial charge on any atom is -0.497 e. The normalized spacial score (nSPS) is 16.7. The van der Waals surface area contributed by atoms with Gasteiger partial charge < -0.3 is 10.1 Å². The van der Waals surface area contributed by atoms with E-state index in [0.29, 0.717) is 9.50 Å². The summed E-state index contributed by atoms with van der Waals surface area (Å²) >= 11 is 9.50. The van der Waals surface area contributed by atoms with Crippen LogP contribution in [0, 0.1) is 5.82 Å². The van der Waals surface area contributed by atoms with E-state index in [2.05, 4.69) is 27.3 Å². The van der Waals surface area contributed by atoms with Crippen molar-refractivity contribution in [1.82, 2.24) is 0 Å². The number of methoxy groups -OCH3 is 1. The highest BCUT2D eigenvalue weighted by atomic mass is 79.9. The molecule has 5 heteroatoms. The van der Waals surface area contributed by atoms with Gasteiger partial charge in [-0.2, -0.15) is 0 Å². The topological polar surface area (TPSA) is 21.3 Å². The molecule has 1 atom stereocenters. The van der Waals surface area contributed by atoms with Gasteiger partial charge >= 0.3 is 0 Å². The minimum atomic E-state index is -0.356. The number of halogens is 3. The molecule has 0 radical (unpaired) electrons. The van der Waals surface area contributed by atoms with Crippen LogP contribution in [-0.2, 0) is 6.42 Å². The molecule has 2 aromatic rings. The molecule has 0 heterocycles. The summed E-state index contributed by atoms with van der Waals surface area (Å²) in [6.07, 6.45) is 1.98. The summed E-state index contributed by atoms with van der Waals surface area (Å²) < 4.78 is 19.2. The van der Waals surface area contributed by atoms with E-state index in [9.17, 15) is 4.39 Å². The van der Waals surface area contributed by atoms with Crippen molar-refractivity contribution in [2.24, 2.45) is 0 Å². The Labute approximate surface area is 136 Å². The zero-order valence-electron chi connectivity index (χ0n) is 11.4. The number of ether oxygens (including phenoxy) is 1. The maximum absolute atomic E-state index is 13.3. The lowest BCUT2D eigenvalue weighted by atomic mass is 10.1. The monoisotopic (exact) mass is 369 g/mol. The van der Waals surface area contributed by atoms with Crippen LogP contribution in [0.15, 0.2) is 34.8 Å². The highest BCUT2D eigenvalue weighted by Crippen LogP contribution is 2.40. The van der Waals surface area contributed by atoms with Crippen LogP contribution in [0.25, 0.3) is 0 Å². The van der Waals surface area contributed by atoms with Crippen LogP contribution in [0.5, 0.6) is 5.75 Å². The largest absolute Gasteiger partial charge is 0.497 e. The van der Waals surface area contributed by atoms with Crippen LogP contribution in [-0.4, -0.2) is 7.11 Å². The van der Waals surface area contributed by atoms with Crippen molar-refractivity contribution in [3.8, 4) is 5.75 Å². The number of rotatable bonds is 3. The molecule has 0 fully saturated rings. The van der Waals surface area contributed by atoms with Crippen molar-refractivity contribution >= 4 is 33.2 Å². The van der Waals surface area contributed by atoms with Gasteiger partial charge in [-0.1, -0.05) is 17.7 Å². The first kappa shape index (κ1) is 14.7. The highest BCUT2D eigenvalue weighted by molar-refractivity contribution is 9.10. The average molecular weight is 371 g/mol. The van der Waals surface area contributed by atoms with Gasteiger partial charge in [0, 0.05) is 4.47 Å². The molecule has 2 aromatic carbocycles. The fourth-order valence-corrected chi connectivity index (χ4v) is 3.63. The van der Waals surface area contributed by atoms with E-state index in [1.165, 1.54) is 23.3 Å². The molecule has 0 bridgehead atoms. The molecule has 1 N–H and O–H groups in total. The lowest BCUT2D eigenvalue weighted by Crippen LogP contribution is -2.08. The molecule has 0 aliphatic heterocycles. The Morgan fingerprint density at radius 3 is 2.86 bits per heavy atom. The number of hydrogen-bond donors (Lipinski definition) is 1. The summed E-state index contributed by atoms with van der Waals surface area (Å²) in [5.41, 5.74) is 3.24. The summed E-state index contributed by atoms with van der Waals surface area (Å²) in [4.78, 5) is 0. The Bertz CT molecular complexity index is 669. The summed E-state index contributed by atoms with van der Waals surface area (Å²) in [5, 5.41) is 3.78. The van der Waals surface area contributed by atoms with Crippen molar-refractivity contribution in [2.75, 3.05) is 12.4 Å². The summed E-state index contributed by atoms with van der Waals surface area (Å²) in [6.45, 7) is 0. The standard InChI is InChI=1S/C16H14BrClFNO/c1-21-11-4-2-9-3-5-15(12(9)8-11)20-16-13(17)6-10(19)7-14(16)18/h2,4,6-8,15,20H,3,5H2,1H3. The first-order valence-corrected chi connectivity index (χ1v) is 7.83. The van der Waals surface area contributed by atoms with Crippen LogP contribution in [0.2, 0.25) is 5.02 Å². The third kappa shape index (κ3) is 2.87. The molecular weight excluding hydrogens is 357 g/mol. The van der Waals surface area contributed by atoms with E-state index in [1.807, 2.05) is 12.1 Å². The third-order valence-corrected chi connectivity index (χ3v) is 4.68. The fourth-order valence-electron chi connectivity index (χ4n) is 2.71. The van der Waals surface area contributed by atoms with Gasteiger partial charge in [0.1, 0.15) is 11.6 Å². The van der Waals surface area contributed by atoms with Crippen LogP contribution in [0.3, 0.4) is 0 Å². The quantitative estimate of drug-likeness (QED) is 0.786. The van der Waals surface area contributed by atoms with E-state index >= 15 is 0 Å². The van der Waals surface area contributed by atoms with Crippen molar-refractivity contribution in [3.05, 3.63) is 56.8 Å². The van der Waals surface area contributed by atoms with Crippen molar-refractivity contribution in [1.29, 1.82) is 0 Å². The van der Waals surface area contributed by atoms with Gasteiger partial charge in [0.2, 0.25) is 0 Å². The second-order valence-electron chi connectivity index (χ2n) is 5.04. The number of fused-ring (bicyclic) bond motifs is 1. The maximum atomic E-state index is 13.3. The van der Waals surface area contributed by atoms with Gasteiger partial charge in [-0.05, 0) is 64.2 Å². The molecule has 2 nitrogen and oxygen atoms in total. The van der Waals surface area contributed by atoms with Gasteiger partial charge in [0.05, 0.1) is 23.9 Å². The molecule has 110 valence electrons. The van der Waals surface area contributed by atoms with Crippen LogP contribution in [0.4, 0.5) is 10.1 Å². The second-order valence-corrected chi connectivity index (χ2v) is 6.31. The van der Waals surface area contributed by atoms with Crippen molar-refractivity contribution < 1.29 is 9.13 Å². The second kappa shape index (κ2) is 5.85. The molecule has 1 aliphatic carbocycles. The number of anilines is 1. The Morgan fingerprint density at radius 1 is 1.33 bits per heavy atom. The van der Waals surface area contributed by atoms with E-state index in [0.717, 1.165) is 24.3 Å². The number of hydrogen-bond acceptors (Lipinski definition) is 2. The molecule has 1 aliphatic rings. The zero-order valence-corrected chi connectivity index (χ0v) is 13.8. The first-order chi connectivity index (χ1) is 10.1. The highest BCUT2D eigenvalue weighted by Gasteiger charge is 2.24. The molecule has 3 rings (SSSR count). The number of benzene rings is 2. The van der Waals surface area contributed by atoms with Gasteiger partial charge in [-0.15, -0.1) is 0 Å². The lowest BCUT2D eigenvalue weighted by Gasteiger charge is -2.18. The van der Waals surface area contributed by atoms with E-state index in [4.69, 9.17) is 16.3 Å². The van der Waals surface area contributed by atoms with Gasteiger partial charge in [0.15, 0.2) is 0 Å². The molecule has 21 heavy (non-hydrogen) atoms. The number of nitrogens with one attached hydrogen (secondary N) is 1. The Morgan fingerprint density at radius 2 is 2.14 bits per heavy atom.